The van der Waals surface area contributed by atoms with Gasteiger partial charge in [0.05, 0.1) is 6.04 Å². The second-order valence-corrected chi connectivity index (χ2v) is 5.74. The van der Waals surface area contributed by atoms with Crippen LogP contribution in [0.4, 0.5) is 4.39 Å². The highest BCUT2D eigenvalue weighted by Gasteiger charge is 2.24. The van der Waals surface area contributed by atoms with Crippen LogP contribution in [-0.2, 0) is 11.3 Å². The number of amides is 1. The molecule has 1 amide bonds. The number of likely N-dealkylation sites (tertiary alicyclic amines) is 1. The number of hydrogen-bond acceptors (Lipinski definition) is 2. The van der Waals surface area contributed by atoms with Crippen molar-refractivity contribution in [3.05, 3.63) is 35.6 Å². The molecule has 0 spiro atoms. The van der Waals surface area contributed by atoms with E-state index in [1.54, 1.807) is 12.1 Å². The van der Waals surface area contributed by atoms with Gasteiger partial charge >= 0.3 is 0 Å². The van der Waals surface area contributed by atoms with E-state index >= 15 is 0 Å². The Kier molecular flexibility index (Phi) is 5.12. The first-order chi connectivity index (χ1) is 9.56. The lowest BCUT2D eigenvalue weighted by atomic mass is 9.98. The zero-order chi connectivity index (χ0) is 14.5. The lowest BCUT2D eigenvalue weighted by Crippen LogP contribution is -2.47. The van der Waals surface area contributed by atoms with Crippen molar-refractivity contribution in [3.63, 3.8) is 0 Å². The molecule has 1 unspecified atom stereocenters. The van der Waals surface area contributed by atoms with E-state index in [-0.39, 0.29) is 17.8 Å². The third-order valence-corrected chi connectivity index (χ3v) is 4.13. The molecular weight excluding hydrogens is 255 g/mol. The fourth-order valence-corrected chi connectivity index (χ4v) is 2.52. The van der Waals surface area contributed by atoms with Crippen molar-refractivity contribution in [2.45, 2.75) is 39.3 Å². The number of piperidine rings is 1. The molecule has 110 valence electrons. The monoisotopic (exact) mass is 278 g/mol. The first-order valence-electron chi connectivity index (χ1n) is 7.32. The molecule has 1 atom stereocenters. The van der Waals surface area contributed by atoms with Crippen molar-refractivity contribution in [2.24, 2.45) is 5.92 Å². The fourth-order valence-electron chi connectivity index (χ4n) is 2.52. The Hall–Kier alpha value is -1.42. The molecule has 1 N–H and O–H groups in total. The van der Waals surface area contributed by atoms with Crippen LogP contribution >= 0.6 is 0 Å². The summed E-state index contributed by atoms with van der Waals surface area (Å²) in [6, 6.07) is 6.13. The summed E-state index contributed by atoms with van der Waals surface area (Å²) in [5.41, 5.74) is 0.916. The summed E-state index contributed by atoms with van der Waals surface area (Å²) in [4.78, 5) is 14.4. The first-order valence-corrected chi connectivity index (χ1v) is 7.32. The lowest BCUT2D eigenvalue weighted by Gasteiger charge is -2.34. The summed E-state index contributed by atoms with van der Waals surface area (Å²) < 4.78 is 12.8. The standard InChI is InChI=1S/C16H23FN2O/c1-12-7-9-19(10-8-12)13(2)16(20)18-11-14-3-5-15(17)6-4-14/h3-6,12-13H,7-11H2,1-2H3,(H,18,20). The van der Waals surface area contributed by atoms with Crippen LogP contribution in [-0.4, -0.2) is 29.9 Å². The van der Waals surface area contributed by atoms with Crippen LogP contribution in [0.3, 0.4) is 0 Å². The molecule has 4 heteroatoms. The molecule has 1 fully saturated rings. The van der Waals surface area contributed by atoms with Gasteiger partial charge in [-0.3, -0.25) is 9.69 Å². The van der Waals surface area contributed by atoms with Crippen molar-refractivity contribution >= 4 is 5.91 Å². The topological polar surface area (TPSA) is 32.3 Å². The Balaban J connectivity index is 1.80. The van der Waals surface area contributed by atoms with E-state index in [4.69, 9.17) is 0 Å². The molecular formula is C16H23FN2O. The zero-order valence-corrected chi connectivity index (χ0v) is 12.2. The summed E-state index contributed by atoms with van der Waals surface area (Å²) in [6.45, 7) is 6.65. The number of halogens is 1. The summed E-state index contributed by atoms with van der Waals surface area (Å²) in [7, 11) is 0. The molecule has 1 heterocycles. The maximum atomic E-state index is 12.8. The van der Waals surface area contributed by atoms with E-state index in [0.717, 1.165) is 37.4 Å². The van der Waals surface area contributed by atoms with E-state index < -0.39 is 0 Å². The minimum atomic E-state index is -0.254. The molecule has 0 saturated carbocycles. The highest BCUT2D eigenvalue weighted by atomic mass is 19.1. The van der Waals surface area contributed by atoms with Crippen LogP contribution in [0.5, 0.6) is 0 Å². The highest BCUT2D eigenvalue weighted by Crippen LogP contribution is 2.18. The number of nitrogens with zero attached hydrogens (tertiary/aromatic N) is 1. The summed E-state index contributed by atoms with van der Waals surface area (Å²) in [5, 5.41) is 2.92. The molecule has 1 aliphatic heterocycles. The van der Waals surface area contributed by atoms with Gasteiger partial charge in [-0.05, 0) is 56.5 Å². The van der Waals surface area contributed by atoms with E-state index in [9.17, 15) is 9.18 Å². The maximum absolute atomic E-state index is 12.8. The molecule has 0 radical (unpaired) electrons. The number of carbonyl (C=O) groups excluding carboxylic acids is 1. The van der Waals surface area contributed by atoms with Crippen molar-refractivity contribution in [1.29, 1.82) is 0 Å². The minimum Gasteiger partial charge on any atom is -0.351 e. The average Bonchev–Trinajstić information content (AvgIpc) is 2.46. The van der Waals surface area contributed by atoms with Gasteiger partial charge in [0, 0.05) is 6.54 Å². The predicted molar refractivity (Wildman–Crippen MR) is 77.7 cm³/mol. The van der Waals surface area contributed by atoms with E-state index in [1.807, 2.05) is 6.92 Å². The smallest absolute Gasteiger partial charge is 0.237 e. The highest BCUT2D eigenvalue weighted by molar-refractivity contribution is 5.81. The van der Waals surface area contributed by atoms with Gasteiger partial charge in [-0.2, -0.15) is 0 Å². The zero-order valence-electron chi connectivity index (χ0n) is 12.2. The lowest BCUT2D eigenvalue weighted by molar-refractivity contribution is -0.126. The Bertz CT molecular complexity index is 438. The molecule has 1 saturated heterocycles. The van der Waals surface area contributed by atoms with Crippen LogP contribution in [0.2, 0.25) is 0 Å². The molecule has 1 aromatic rings. The van der Waals surface area contributed by atoms with Crippen molar-refractivity contribution in [3.8, 4) is 0 Å². The quantitative estimate of drug-likeness (QED) is 0.918. The SMILES string of the molecule is CC1CCN(C(C)C(=O)NCc2ccc(F)cc2)CC1. The van der Waals surface area contributed by atoms with Crippen molar-refractivity contribution in [2.75, 3.05) is 13.1 Å². The molecule has 1 aliphatic rings. The minimum absolute atomic E-state index is 0.0453. The van der Waals surface area contributed by atoms with Gasteiger partial charge in [0.25, 0.3) is 0 Å². The van der Waals surface area contributed by atoms with Gasteiger partial charge in [0.1, 0.15) is 5.82 Å². The molecule has 2 rings (SSSR count). The van der Waals surface area contributed by atoms with Gasteiger partial charge in [-0.25, -0.2) is 4.39 Å². The summed E-state index contributed by atoms with van der Waals surface area (Å²) in [6.07, 6.45) is 2.32. The molecule has 20 heavy (non-hydrogen) atoms. The second kappa shape index (κ2) is 6.84. The number of benzene rings is 1. The summed E-state index contributed by atoms with van der Waals surface area (Å²) >= 11 is 0. The van der Waals surface area contributed by atoms with Crippen LogP contribution in [0.25, 0.3) is 0 Å². The number of carbonyl (C=O) groups is 1. The number of hydrogen-bond donors (Lipinski definition) is 1. The van der Waals surface area contributed by atoms with Gasteiger partial charge in [0.15, 0.2) is 0 Å². The van der Waals surface area contributed by atoms with Crippen LogP contribution in [0, 0.1) is 11.7 Å². The number of rotatable bonds is 4. The normalized spacial score (nSPS) is 18.8. The first kappa shape index (κ1) is 15.0. The molecule has 0 bridgehead atoms. The van der Waals surface area contributed by atoms with E-state index in [0.29, 0.717) is 6.54 Å². The van der Waals surface area contributed by atoms with E-state index in [2.05, 4.69) is 17.1 Å². The van der Waals surface area contributed by atoms with Gasteiger partial charge in [0.2, 0.25) is 5.91 Å². The molecule has 0 aromatic heterocycles. The third kappa shape index (κ3) is 4.04. The Morgan fingerprint density at radius 2 is 1.95 bits per heavy atom. The molecule has 1 aromatic carbocycles. The molecule has 0 aliphatic carbocycles. The van der Waals surface area contributed by atoms with Crippen LogP contribution in [0.15, 0.2) is 24.3 Å². The fraction of sp³-hybridized carbons (Fsp3) is 0.562. The second-order valence-electron chi connectivity index (χ2n) is 5.74. The van der Waals surface area contributed by atoms with Crippen LogP contribution < -0.4 is 5.32 Å². The third-order valence-electron chi connectivity index (χ3n) is 4.13. The van der Waals surface area contributed by atoms with Gasteiger partial charge in [-0.15, -0.1) is 0 Å². The maximum Gasteiger partial charge on any atom is 0.237 e. The van der Waals surface area contributed by atoms with Gasteiger partial charge < -0.3 is 5.32 Å². The molecule has 3 nitrogen and oxygen atoms in total. The summed E-state index contributed by atoms with van der Waals surface area (Å²) in [5.74, 6) is 0.556. The Morgan fingerprint density at radius 3 is 2.55 bits per heavy atom. The largest absolute Gasteiger partial charge is 0.351 e. The van der Waals surface area contributed by atoms with E-state index in [1.165, 1.54) is 12.1 Å². The predicted octanol–water partition coefficient (Wildman–Crippen LogP) is 2.56. The average molecular weight is 278 g/mol. The van der Waals surface area contributed by atoms with Crippen molar-refractivity contribution < 1.29 is 9.18 Å². The van der Waals surface area contributed by atoms with Gasteiger partial charge in [-0.1, -0.05) is 19.1 Å². The Labute approximate surface area is 120 Å². The van der Waals surface area contributed by atoms with Crippen molar-refractivity contribution in [1.82, 2.24) is 10.2 Å². The van der Waals surface area contributed by atoms with Crippen LogP contribution in [0.1, 0.15) is 32.3 Å². The Morgan fingerprint density at radius 1 is 1.35 bits per heavy atom. The number of nitrogens with one attached hydrogen (secondary N) is 1.